The fraction of sp³-hybridized carbons (Fsp3) is 0.636. The molecule has 1 saturated carbocycles. The summed E-state index contributed by atoms with van der Waals surface area (Å²) in [4.78, 5) is 10.6. The third-order valence-electron chi connectivity index (χ3n) is 3.05. The van der Waals surface area contributed by atoms with Gasteiger partial charge in [0.25, 0.3) is 0 Å². The van der Waals surface area contributed by atoms with Gasteiger partial charge >= 0.3 is 0 Å². The van der Waals surface area contributed by atoms with Gasteiger partial charge in [-0.05, 0) is 34.7 Å². The average molecular weight is 301 g/mol. The molecular formula is C11H17BrN4O. The van der Waals surface area contributed by atoms with Crippen molar-refractivity contribution < 1.29 is 5.11 Å². The number of aliphatic hydroxyl groups is 1. The van der Waals surface area contributed by atoms with Crippen molar-refractivity contribution in [1.29, 1.82) is 0 Å². The van der Waals surface area contributed by atoms with Crippen LogP contribution >= 0.6 is 15.9 Å². The number of halogens is 1. The lowest BCUT2D eigenvalue weighted by Gasteiger charge is -2.35. The van der Waals surface area contributed by atoms with Gasteiger partial charge in [-0.2, -0.15) is 4.98 Å². The van der Waals surface area contributed by atoms with Crippen LogP contribution in [0.5, 0.6) is 0 Å². The summed E-state index contributed by atoms with van der Waals surface area (Å²) >= 11 is 3.46. The highest BCUT2D eigenvalue weighted by Gasteiger charge is 2.28. The van der Waals surface area contributed by atoms with E-state index in [2.05, 4.69) is 36.1 Å². The van der Waals surface area contributed by atoms with Gasteiger partial charge in [0.15, 0.2) is 0 Å². The van der Waals surface area contributed by atoms with Crippen molar-refractivity contribution in [1.82, 2.24) is 9.97 Å². The molecule has 0 bridgehead atoms. The van der Waals surface area contributed by atoms with Gasteiger partial charge in [0.05, 0.1) is 10.6 Å². The Bertz CT molecular complexity index is 395. The van der Waals surface area contributed by atoms with Crippen molar-refractivity contribution in [2.24, 2.45) is 5.92 Å². The van der Waals surface area contributed by atoms with Crippen LogP contribution in [0.25, 0.3) is 0 Å². The highest BCUT2D eigenvalue weighted by Crippen LogP contribution is 2.30. The van der Waals surface area contributed by atoms with Crippen LogP contribution in [0, 0.1) is 5.92 Å². The average Bonchev–Trinajstić information content (AvgIpc) is 2.27. The molecule has 5 nitrogen and oxygen atoms in total. The van der Waals surface area contributed by atoms with Crippen LogP contribution < -0.4 is 10.2 Å². The van der Waals surface area contributed by atoms with Crippen LogP contribution in [-0.4, -0.2) is 41.8 Å². The quantitative estimate of drug-likeness (QED) is 0.882. The maximum absolute atomic E-state index is 9.28. The summed E-state index contributed by atoms with van der Waals surface area (Å²) < 4.78 is 0.888. The van der Waals surface area contributed by atoms with E-state index in [0.717, 1.165) is 29.7 Å². The number of rotatable bonds is 4. The Morgan fingerprint density at radius 3 is 2.88 bits per heavy atom. The molecule has 0 aliphatic heterocycles. The molecular weight excluding hydrogens is 284 g/mol. The van der Waals surface area contributed by atoms with Crippen molar-refractivity contribution in [2.75, 3.05) is 30.9 Å². The monoisotopic (exact) mass is 300 g/mol. The summed E-state index contributed by atoms with van der Waals surface area (Å²) in [5, 5.41) is 12.2. The fourth-order valence-corrected chi connectivity index (χ4v) is 2.56. The summed E-state index contributed by atoms with van der Waals surface area (Å²) in [6.45, 7) is 0.913. The molecule has 1 fully saturated rings. The molecule has 2 rings (SSSR count). The molecule has 17 heavy (non-hydrogen) atoms. The minimum Gasteiger partial charge on any atom is -0.393 e. The Hall–Kier alpha value is -0.880. The van der Waals surface area contributed by atoms with Crippen LogP contribution in [0.3, 0.4) is 0 Å². The van der Waals surface area contributed by atoms with E-state index in [1.165, 1.54) is 0 Å². The molecule has 1 aromatic rings. The highest BCUT2D eigenvalue weighted by atomic mass is 79.9. The molecule has 0 atom stereocenters. The molecule has 2 N–H and O–H groups in total. The van der Waals surface area contributed by atoms with Gasteiger partial charge in [-0.1, -0.05) is 0 Å². The first-order chi connectivity index (χ1) is 8.10. The Kier molecular flexibility index (Phi) is 3.83. The maximum atomic E-state index is 9.28. The van der Waals surface area contributed by atoms with Gasteiger partial charge in [0, 0.05) is 26.8 Å². The van der Waals surface area contributed by atoms with Gasteiger partial charge in [0.1, 0.15) is 5.82 Å². The van der Waals surface area contributed by atoms with Crippen molar-refractivity contribution in [3.05, 3.63) is 10.7 Å². The van der Waals surface area contributed by atoms with Crippen molar-refractivity contribution in [2.45, 2.75) is 18.9 Å². The van der Waals surface area contributed by atoms with E-state index in [9.17, 15) is 5.11 Å². The van der Waals surface area contributed by atoms with Crippen LogP contribution in [0.4, 0.5) is 11.8 Å². The Balaban J connectivity index is 2.04. The summed E-state index contributed by atoms with van der Waals surface area (Å²) in [6.07, 6.45) is 3.44. The molecule has 1 heterocycles. The van der Waals surface area contributed by atoms with Gasteiger partial charge in [0.2, 0.25) is 5.95 Å². The van der Waals surface area contributed by atoms with Crippen LogP contribution in [0.15, 0.2) is 10.7 Å². The second-order valence-electron chi connectivity index (χ2n) is 4.49. The molecule has 1 aliphatic carbocycles. The smallest absolute Gasteiger partial charge is 0.224 e. The lowest BCUT2D eigenvalue weighted by atomic mass is 9.82. The van der Waals surface area contributed by atoms with E-state index in [1.807, 2.05) is 7.05 Å². The topological polar surface area (TPSA) is 61.3 Å². The van der Waals surface area contributed by atoms with E-state index in [1.54, 1.807) is 13.2 Å². The largest absolute Gasteiger partial charge is 0.393 e. The molecule has 0 radical (unpaired) electrons. The standard InChI is InChI=1S/C11H17BrN4O/c1-13-11-14-5-9(12)10(15-11)16(2)6-7-3-8(17)4-7/h5,7-8,17H,3-4,6H2,1-2H3,(H,13,14,15). The second kappa shape index (κ2) is 5.18. The lowest BCUT2D eigenvalue weighted by Crippen LogP contribution is -2.37. The Labute approximate surface area is 109 Å². The summed E-state index contributed by atoms with van der Waals surface area (Å²) in [5.74, 6) is 2.06. The summed E-state index contributed by atoms with van der Waals surface area (Å²) in [5.41, 5.74) is 0. The molecule has 1 aromatic heterocycles. The van der Waals surface area contributed by atoms with E-state index in [-0.39, 0.29) is 6.10 Å². The number of anilines is 2. The molecule has 0 saturated heterocycles. The van der Waals surface area contributed by atoms with E-state index >= 15 is 0 Å². The third kappa shape index (κ3) is 2.87. The fourth-order valence-electron chi connectivity index (χ4n) is 2.07. The highest BCUT2D eigenvalue weighted by molar-refractivity contribution is 9.10. The first kappa shape index (κ1) is 12.6. The van der Waals surface area contributed by atoms with Crippen molar-refractivity contribution >= 4 is 27.7 Å². The minimum atomic E-state index is -0.102. The first-order valence-corrected chi connectivity index (χ1v) is 6.49. The predicted molar refractivity (Wildman–Crippen MR) is 71.3 cm³/mol. The van der Waals surface area contributed by atoms with Crippen LogP contribution in [0.1, 0.15) is 12.8 Å². The number of hydrogen-bond donors (Lipinski definition) is 2. The van der Waals surface area contributed by atoms with Gasteiger partial charge < -0.3 is 15.3 Å². The van der Waals surface area contributed by atoms with Gasteiger partial charge in [-0.3, -0.25) is 0 Å². The zero-order valence-electron chi connectivity index (χ0n) is 10.0. The molecule has 0 aromatic carbocycles. The van der Waals surface area contributed by atoms with Crippen molar-refractivity contribution in [3.63, 3.8) is 0 Å². The molecule has 6 heteroatoms. The Morgan fingerprint density at radius 2 is 2.29 bits per heavy atom. The van der Waals surface area contributed by atoms with Crippen LogP contribution in [0.2, 0.25) is 0 Å². The Morgan fingerprint density at radius 1 is 1.59 bits per heavy atom. The number of hydrogen-bond acceptors (Lipinski definition) is 5. The zero-order valence-corrected chi connectivity index (χ0v) is 11.6. The van der Waals surface area contributed by atoms with Crippen molar-refractivity contribution in [3.8, 4) is 0 Å². The molecule has 0 amide bonds. The molecule has 1 aliphatic rings. The van der Waals surface area contributed by atoms with E-state index in [0.29, 0.717) is 11.9 Å². The van der Waals surface area contributed by atoms with Gasteiger partial charge in [-0.25, -0.2) is 4.98 Å². The normalized spacial score (nSPS) is 23.1. The molecule has 94 valence electrons. The SMILES string of the molecule is CNc1ncc(Br)c(N(C)CC2CC(O)C2)n1. The maximum Gasteiger partial charge on any atom is 0.224 e. The first-order valence-electron chi connectivity index (χ1n) is 5.69. The third-order valence-corrected chi connectivity index (χ3v) is 3.61. The lowest BCUT2D eigenvalue weighted by molar-refractivity contribution is 0.0464. The number of nitrogens with one attached hydrogen (secondary N) is 1. The van der Waals surface area contributed by atoms with E-state index in [4.69, 9.17) is 0 Å². The minimum absolute atomic E-state index is 0.102. The second-order valence-corrected chi connectivity index (χ2v) is 5.34. The number of aliphatic hydroxyl groups excluding tert-OH is 1. The zero-order chi connectivity index (χ0) is 12.4. The molecule has 0 spiro atoms. The number of aromatic nitrogens is 2. The summed E-state index contributed by atoms with van der Waals surface area (Å²) in [6, 6.07) is 0. The van der Waals surface area contributed by atoms with Crippen LogP contribution in [-0.2, 0) is 0 Å². The van der Waals surface area contributed by atoms with Gasteiger partial charge in [-0.15, -0.1) is 0 Å². The van der Waals surface area contributed by atoms with E-state index < -0.39 is 0 Å². The predicted octanol–water partition coefficient (Wildman–Crippen LogP) is 1.49. The number of nitrogens with zero attached hydrogens (tertiary/aromatic N) is 3. The summed E-state index contributed by atoms with van der Waals surface area (Å²) in [7, 11) is 3.81. The molecule has 0 unspecified atom stereocenters.